The Morgan fingerprint density at radius 3 is 2.11 bits per heavy atom. The third-order valence-corrected chi connectivity index (χ3v) is 3.75. The minimum absolute atomic E-state index is 0.244. The van der Waals surface area contributed by atoms with Crippen LogP contribution in [0.5, 0.6) is 0 Å². The van der Waals surface area contributed by atoms with Crippen molar-refractivity contribution < 1.29 is 36.3 Å². The summed E-state index contributed by atoms with van der Waals surface area (Å²) >= 11 is 0. The summed E-state index contributed by atoms with van der Waals surface area (Å²) in [5, 5.41) is 8.48. The van der Waals surface area contributed by atoms with E-state index in [9.17, 15) is 31.2 Å². The number of hydrogen-bond donors (Lipinski definition) is 2. The lowest BCUT2D eigenvalue weighted by molar-refractivity contribution is -0.138. The number of halogens is 3. The zero-order valence-corrected chi connectivity index (χ0v) is 10.5. The second-order valence-electron chi connectivity index (χ2n) is 3.66. The van der Waals surface area contributed by atoms with Gasteiger partial charge in [0, 0.05) is 6.42 Å². The van der Waals surface area contributed by atoms with Crippen LogP contribution in [-0.2, 0) is 19.6 Å². The number of carbonyl (C=O) groups is 2. The number of nitrogens with zero attached hydrogens (tertiary/aromatic N) is 1. The molecule has 0 aromatic rings. The highest BCUT2D eigenvalue weighted by atomic mass is 32.2. The van der Waals surface area contributed by atoms with E-state index in [-0.39, 0.29) is 4.31 Å². The van der Waals surface area contributed by atoms with Crippen LogP contribution in [0.3, 0.4) is 0 Å². The van der Waals surface area contributed by atoms with E-state index in [1.807, 2.05) is 0 Å². The summed E-state index contributed by atoms with van der Waals surface area (Å²) < 4.78 is 59.0. The van der Waals surface area contributed by atoms with Gasteiger partial charge in [0.1, 0.15) is 6.54 Å². The number of aliphatic carboxylic acids is 1. The van der Waals surface area contributed by atoms with Gasteiger partial charge in [-0.15, -0.1) is 0 Å². The Kier molecular flexibility index (Phi) is 6.22. The second-order valence-corrected chi connectivity index (χ2v) is 5.75. The smallest absolute Gasteiger partial charge is 0.389 e. The van der Waals surface area contributed by atoms with E-state index in [0.717, 1.165) is 0 Å². The summed E-state index contributed by atoms with van der Waals surface area (Å²) in [6.45, 7) is -1.92. The summed E-state index contributed by atoms with van der Waals surface area (Å²) in [5.74, 6) is -3.55. The molecule has 0 unspecified atom stereocenters. The number of rotatable bonds is 8. The first-order valence-electron chi connectivity index (χ1n) is 4.99. The SMILES string of the molecule is NC(=O)CN(CC(=O)O)S(=O)(=O)CCCC(F)(F)F. The number of alkyl halides is 3. The highest BCUT2D eigenvalue weighted by Gasteiger charge is 2.30. The average Bonchev–Trinajstić information content (AvgIpc) is 2.12. The monoisotopic (exact) mass is 306 g/mol. The number of nitrogens with two attached hydrogens (primary N) is 1. The summed E-state index contributed by atoms with van der Waals surface area (Å²) in [4.78, 5) is 21.0. The van der Waals surface area contributed by atoms with Crippen LogP contribution in [0.1, 0.15) is 12.8 Å². The van der Waals surface area contributed by atoms with Crippen LogP contribution in [0, 0.1) is 0 Å². The Bertz CT molecular complexity index is 418. The lowest BCUT2D eigenvalue weighted by atomic mass is 10.3. The normalized spacial score (nSPS) is 12.6. The van der Waals surface area contributed by atoms with E-state index < -0.39 is 59.8 Å². The zero-order valence-electron chi connectivity index (χ0n) is 9.68. The van der Waals surface area contributed by atoms with Crippen molar-refractivity contribution in [1.29, 1.82) is 0 Å². The van der Waals surface area contributed by atoms with Crippen LogP contribution >= 0.6 is 0 Å². The molecule has 7 nitrogen and oxygen atoms in total. The Balaban J connectivity index is 4.69. The highest BCUT2D eigenvalue weighted by molar-refractivity contribution is 7.89. The van der Waals surface area contributed by atoms with Crippen molar-refractivity contribution in [1.82, 2.24) is 4.31 Å². The number of sulfonamides is 1. The molecular weight excluding hydrogens is 293 g/mol. The van der Waals surface area contributed by atoms with Gasteiger partial charge in [0.2, 0.25) is 15.9 Å². The molecule has 11 heteroatoms. The van der Waals surface area contributed by atoms with Crippen molar-refractivity contribution in [2.45, 2.75) is 19.0 Å². The van der Waals surface area contributed by atoms with Crippen molar-refractivity contribution in [3.05, 3.63) is 0 Å². The molecule has 0 saturated carbocycles. The largest absolute Gasteiger partial charge is 0.480 e. The van der Waals surface area contributed by atoms with Crippen LogP contribution < -0.4 is 5.73 Å². The van der Waals surface area contributed by atoms with E-state index in [1.165, 1.54) is 0 Å². The Labute approximate surface area is 107 Å². The second kappa shape index (κ2) is 6.70. The number of carbonyl (C=O) groups excluding carboxylic acids is 1. The average molecular weight is 306 g/mol. The molecule has 0 atom stereocenters. The van der Waals surface area contributed by atoms with Crippen molar-refractivity contribution >= 4 is 21.9 Å². The molecule has 0 aliphatic carbocycles. The maximum Gasteiger partial charge on any atom is 0.389 e. The first-order valence-corrected chi connectivity index (χ1v) is 6.59. The highest BCUT2D eigenvalue weighted by Crippen LogP contribution is 2.22. The van der Waals surface area contributed by atoms with Gasteiger partial charge in [-0.2, -0.15) is 17.5 Å². The van der Waals surface area contributed by atoms with E-state index in [2.05, 4.69) is 0 Å². The van der Waals surface area contributed by atoms with Gasteiger partial charge in [0.05, 0.1) is 12.3 Å². The molecule has 0 heterocycles. The number of carboxylic acid groups (broad SMARTS) is 1. The first-order chi connectivity index (χ1) is 8.44. The quantitative estimate of drug-likeness (QED) is 0.628. The summed E-state index contributed by atoms with van der Waals surface area (Å²) in [7, 11) is -4.28. The molecule has 3 N–H and O–H groups in total. The molecule has 0 fully saturated rings. The van der Waals surface area contributed by atoms with Gasteiger partial charge in [0.15, 0.2) is 0 Å². The third kappa shape index (κ3) is 8.37. The maximum atomic E-state index is 11.9. The predicted octanol–water partition coefficient (Wildman–Crippen LogP) is -0.469. The number of carboxylic acids is 1. The number of primary amides is 1. The predicted molar refractivity (Wildman–Crippen MR) is 57.5 cm³/mol. The standard InChI is InChI=1S/C8H13F3N2O5S/c9-8(10,11)2-1-3-19(17,18)13(4-6(12)14)5-7(15)16/h1-5H2,(H2,12,14)(H,15,16). The molecular formula is C8H13F3N2O5S. The summed E-state index contributed by atoms with van der Waals surface area (Å²) in [6.07, 6.45) is -6.54. The first kappa shape index (κ1) is 17.6. The topological polar surface area (TPSA) is 118 Å². The molecule has 19 heavy (non-hydrogen) atoms. The van der Waals surface area contributed by atoms with E-state index in [0.29, 0.717) is 0 Å². The summed E-state index contributed by atoms with van der Waals surface area (Å²) in [5.41, 5.74) is 4.75. The molecule has 0 bridgehead atoms. The molecule has 1 amide bonds. The van der Waals surface area contributed by atoms with Crippen LogP contribution in [0.2, 0.25) is 0 Å². The molecule has 0 aliphatic rings. The lowest BCUT2D eigenvalue weighted by Crippen LogP contribution is -2.42. The molecule has 0 radical (unpaired) electrons. The van der Waals surface area contributed by atoms with E-state index >= 15 is 0 Å². The molecule has 0 aromatic carbocycles. The minimum Gasteiger partial charge on any atom is -0.480 e. The molecule has 112 valence electrons. The molecule has 0 spiro atoms. The Morgan fingerprint density at radius 1 is 1.21 bits per heavy atom. The maximum absolute atomic E-state index is 11.9. The van der Waals surface area contributed by atoms with Crippen LogP contribution in [0.25, 0.3) is 0 Å². The van der Waals surface area contributed by atoms with Crippen LogP contribution in [0.4, 0.5) is 13.2 Å². The van der Waals surface area contributed by atoms with Crippen molar-refractivity contribution in [3.8, 4) is 0 Å². The van der Waals surface area contributed by atoms with Gasteiger partial charge >= 0.3 is 12.1 Å². The zero-order chi connectivity index (χ0) is 15.3. The fourth-order valence-electron chi connectivity index (χ4n) is 1.16. The van der Waals surface area contributed by atoms with Gasteiger partial charge in [-0.1, -0.05) is 0 Å². The van der Waals surface area contributed by atoms with E-state index in [1.54, 1.807) is 0 Å². The number of amides is 1. The third-order valence-electron chi connectivity index (χ3n) is 1.90. The van der Waals surface area contributed by atoms with Crippen LogP contribution in [-0.4, -0.2) is 54.7 Å². The van der Waals surface area contributed by atoms with Crippen molar-refractivity contribution in [2.24, 2.45) is 5.73 Å². The molecule has 0 saturated heterocycles. The van der Waals surface area contributed by atoms with E-state index in [4.69, 9.17) is 10.8 Å². The Hall–Kier alpha value is -1.36. The molecule has 0 rings (SSSR count). The fraction of sp³-hybridized carbons (Fsp3) is 0.750. The van der Waals surface area contributed by atoms with Crippen molar-refractivity contribution in [3.63, 3.8) is 0 Å². The summed E-state index contributed by atoms with van der Waals surface area (Å²) in [6, 6.07) is 0. The molecule has 0 aromatic heterocycles. The fourth-order valence-corrected chi connectivity index (χ4v) is 2.56. The number of hydrogen-bond acceptors (Lipinski definition) is 4. The lowest BCUT2D eigenvalue weighted by Gasteiger charge is -2.18. The van der Waals surface area contributed by atoms with Crippen molar-refractivity contribution in [2.75, 3.05) is 18.8 Å². The van der Waals surface area contributed by atoms with Gasteiger partial charge in [-0.3, -0.25) is 9.59 Å². The Morgan fingerprint density at radius 2 is 1.74 bits per heavy atom. The van der Waals surface area contributed by atoms with Gasteiger partial charge in [0.25, 0.3) is 0 Å². The van der Waals surface area contributed by atoms with Crippen LogP contribution in [0.15, 0.2) is 0 Å². The van der Waals surface area contributed by atoms with Gasteiger partial charge in [-0.05, 0) is 6.42 Å². The minimum atomic E-state index is -4.50. The van der Waals surface area contributed by atoms with Gasteiger partial charge < -0.3 is 10.8 Å². The molecule has 0 aliphatic heterocycles. The van der Waals surface area contributed by atoms with Gasteiger partial charge in [-0.25, -0.2) is 8.42 Å².